The lowest BCUT2D eigenvalue weighted by Crippen LogP contribution is -2.46. The predicted molar refractivity (Wildman–Crippen MR) is 60.2 cm³/mol. The van der Waals surface area contributed by atoms with Crippen molar-refractivity contribution in [1.82, 2.24) is 4.90 Å². The summed E-state index contributed by atoms with van der Waals surface area (Å²) in [6, 6.07) is 1.29. The first-order chi connectivity index (χ1) is 6.77. The maximum Gasteiger partial charge on any atom is 0.00953 e. The Balaban J connectivity index is 1.86. The van der Waals surface area contributed by atoms with E-state index in [-0.39, 0.29) is 0 Å². The molecule has 1 heterocycles. The number of piperidine rings is 1. The summed E-state index contributed by atoms with van der Waals surface area (Å²) in [7, 11) is 0. The van der Waals surface area contributed by atoms with E-state index in [0.717, 1.165) is 12.0 Å². The fraction of sp³-hybridized carbons (Fsp3) is 1.00. The van der Waals surface area contributed by atoms with Crippen molar-refractivity contribution in [3.05, 3.63) is 0 Å². The van der Waals surface area contributed by atoms with Gasteiger partial charge in [-0.25, -0.2) is 0 Å². The van der Waals surface area contributed by atoms with Crippen LogP contribution in [0.5, 0.6) is 0 Å². The molecule has 2 fully saturated rings. The molecule has 1 saturated heterocycles. The van der Waals surface area contributed by atoms with Crippen molar-refractivity contribution < 1.29 is 0 Å². The van der Waals surface area contributed by atoms with Crippen LogP contribution >= 0.6 is 0 Å². The standard InChI is InChI=1S/C12H24N2/c1-10(13)11-5-4-8-14(9-11)12-6-2-3-7-12/h10-12H,2-9,13H2,1H3. The number of nitrogens with zero attached hydrogens (tertiary/aromatic N) is 1. The first-order valence-electron chi connectivity index (χ1n) is 6.27. The smallest absolute Gasteiger partial charge is 0.00953 e. The van der Waals surface area contributed by atoms with Crippen molar-refractivity contribution in [1.29, 1.82) is 0 Å². The van der Waals surface area contributed by atoms with Gasteiger partial charge in [-0.15, -0.1) is 0 Å². The van der Waals surface area contributed by atoms with Gasteiger partial charge in [-0.05, 0) is 45.1 Å². The molecule has 0 aromatic heterocycles. The fourth-order valence-corrected chi connectivity index (χ4v) is 3.07. The molecule has 0 spiro atoms. The van der Waals surface area contributed by atoms with Crippen LogP contribution in [-0.4, -0.2) is 30.1 Å². The molecule has 1 aliphatic heterocycles. The Morgan fingerprint density at radius 3 is 2.50 bits per heavy atom. The summed E-state index contributed by atoms with van der Waals surface area (Å²) >= 11 is 0. The van der Waals surface area contributed by atoms with Crippen molar-refractivity contribution in [2.45, 2.75) is 57.5 Å². The van der Waals surface area contributed by atoms with Crippen LogP contribution < -0.4 is 5.73 Å². The van der Waals surface area contributed by atoms with Gasteiger partial charge in [0.1, 0.15) is 0 Å². The van der Waals surface area contributed by atoms with Crippen molar-refractivity contribution in [2.24, 2.45) is 11.7 Å². The van der Waals surface area contributed by atoms with Crippen LogP contribution in [-0.2, 0) is 0 Å². The summed E-state index contributed by atoms with van der Waals surface area (Å²) in [6.45, 7) is 4.76. The van der Waals surface area contributed by atoms with E-state index in [4.69, 9.17) is 5.73 Å². The van der Waals surface area contributed by atoms with E-state index in [9.17, 15) is 0 Å². The Bertz CT molecular complexity index is 173. The first-order valence-corrected chi connectivity index (χ1v) is 6.27. The van der Waals surface area contributed by atoms with Crippen LogP contribution in [0.25, 0.3) is 0 Å². The molecule has 0 aromatic rings. The SMILES string of the molecule is CC(N)C1CCCN(C2CCCC2)C1. The summed E-state index contributed by atoms with van der Waals surface area (Å²) in [5.74, 6) is 0.754. The molecule has 82 valence electrons. The summed E-state index contributed by atoms with van der Waals surface area (Å²) in [4.78, 5) is 2.71. The van der Waals surface area contributed by atoms with Crippen LogP contribution in [0.2, 0.25) is 0 Å². The molecule has 2 unspecified atom stereocenters. The van der Waals surface area contributed by atoms with Gasteiger partial charge in [0.05, 0.1) is 0 Å². The average molecular weight is 196 g/mol. The molecule has 0 aromatic carbocycles. The number of likely N-dealkylation sites (tertiary alicyclic amines) is 1. The highest BCUT2D eigenvalue weighted by Gasteiger charge is 2.28. The zero-order chi connectivity index (χ0) is 9.97. The molecule has 0 amide bonds. The quantitative estimate of drug-likeness (QED) is 0.732. The van der Waals surface area contributed by atoms with Crippen LogP contribution in [0.15, 0.2) is 0 Å². The van der Waals surface area contributed by atoms with Crippen molar-refractivity contribution in [2.75, 3.05) is 13.1 Å². The zero-order valence-electron chi connectivity index (χ0n) is 9.41. The monoisotopic (exact) mass is 196 g/mol. The lowest BCUT2D eigenvalue weighted by atomic mass is 9.91. The highest BCUT2D eigenvalue weighted by atomic mass is 15.2. The van der Waals surface area contributed by atoms with E-state index in [1.165, 1.54) is 51.6 Å². The van der Waals surface area contributed by atoms with Gasteiger partial charge in [-0.2, -0.15) is 0 Å². The second kappa shape index (κ2) is 4.63. The van der Waals surface area contributed by atoms with Gasteiger partial charge in [-0.3, -0.25) is 0 Å². The molecule has 2 rings (SSSR count). The average Bonchev–Trinajstić information content (AvgIpc) is 2.71. The molecule has 1 saturated carbocycles. The van der Waals surface area contributed by atoms with Crippen molar-refractivity contribution >= 4 is 0 Å². The van der Waals surface area contributed by atoms with Crippen LogP contribution in [0, 0.1) is 5.92 Å². The maximum atomic E-state index is 6.00. The third-order valence-corrected chi connectivity index (χ3v) is 4.07. The Kier molecular flexibility index (Phi) is 3.45. The van der Waals surface area contributed by atoms with E-state index < -0.39 is 0 Å². The molecule has 0 radical (unpaired) electrons. The largest absolute Gasteiger partial charge is 0.328 e. The third-order valence-electron chi connectivity index (χ3n) is 4.07. The molecule has 2 heteroatoms. The molecular formula is C12H24N2. The molecule has 0 bridgehead atoms. The van der Waals surface area contributed by atoms with E-state index >= 15 is 0 Å². The van der Waals surface area contributed by atoms with Crippen LogP contribution in [0.1, 0.15) is 45.4 Å². The highest BCUT2D eigenvalue weighted by Crippen LogP contribution is 2.28. The third kappa shape index (κ3) is 2.29. The van der Waals surface area contributed by atoms with Gasteiger partial charge in [0, 0.05) is 18.6 Å². The lowest BCUT2D eigenvalue weighted by Gasteiger charge is -2.38. The van der Waals surface area contributed by atoms with Crippen molar-refractivity contribution in [3.63, 3.8) is 0 Å². The van der Waals surface area contributed by atoms with Crippen LogP contribution in [0.3, 0.4) is 0 Å². The molecule has 2 aliphatic rings. The Morgan fingerprint density at radius 1 is 1.14 bits per heavy atom. The second-order valence-electron chi connectivity index (χ2n) is 5.19. The minimum absolute atomic E-state index is 0.388. The van der Waals surface area contributed by atoms with E-state index in [0.29, 0.717) is 6.04 Å². The topological polar surface area (TPSA) is 29.3 Å². The number of hydrogen-bond acceptors (Lipinski definition) is 2. The number of hydrogen-bond donors (Lipinski definition) is 1. The van der Waals surface area contributed by atoms with Crippen molar-refractivity contribution in [3.8, 4) is 0 Å². The lowest BCUT2D eigenvalue weighted by molar-refractivity contribution is 0.115. The Labute approximate surface area is 87.8 Å². The molecule has 2 N–H and O–H groups in total. The number of rotatable bonds is 2. The summed E-state index contributed by atoms with van der Waals surface area (Å²) in [6.07, 6.45) is 8.48. The van der Waals surface area contributed by atoms with E-state index in [1.54, 1.807) is 0 Å². The highest BCUT2D eigenvalue weighted by molar-refractivity contribution is 4.84. The minimum Gasteiger partial charge on any atom is -0.328 e. The van der Waals surface area contributed by atoms with Gasteiger partial charge >= 0.3 is 0 Å². The zero-order valence-corrected chi connectivity index (χ0v) is 9.41. The molecular weight excluding hydrogens is 172 g/mol. The van der Waals surface area contributed by atoms with Crippen LogP contribution in [0.4, 0.5) is 0 Å². The van der Waals surface area contributed by atoms with E-state index in [2.05, 4.69) is 11.8 Å². The second-order valence-corrected chi connectivity index (χ2v) is 5.19. The van der Waals surface area contributed by atoms with Gasteiger partial charge in [-0.1, -0.05) is 12.8 Å². The summed E-state index contributed by atoms with van der Waals surface area (Å²) in [5.41, 5.74) is 6.00. The summed E-state index contributed by atoms with van der Waals surface area (Å²) < 4.78 is 0. The molecule has 1 aliphatic carbocycles. The van der Waals surface area contributed by atoms with Gasteiger partial charge in [0.2, 0.25) is 0 Å². The first kappa shape index (κ1) is 10.4. The predicted octanol–water partition coefficient (Wildman–Crippen LogP) is 1.99. The molecule has 2 nitrogen and oxygen atoms in total. The maximum absolute atomic E-state index is 6.00. The van der Waals surface area contributed by atoms with Gasteiger partial charge in [0.15, 0.2) is 0 Å². The van der Waals surface area contributed by atoms with Gasteiger partial charge in [0.25, 0.3) is 0 Å². The van der Waals surface area contributed by atoms with E-state index in [1.807, 2.05) is 0 Å². The molecule has 2 atom stereocenters. The normalized spacial score (nSPS) is 33.4. The Morgan fingerprint density at radius 2 is 1.86 bits per heavy atom. The molecule has 14 heavy (non-hydrogen) atoms. The minimum atomic E-state index is 0.388. The Hall–Kier alpha value is -0.0800. The van der Waals surface area contributed by atoms with Gasteiger partial charge < -0.3 is 10.6 Å². The summed E-state index contributed by atoms with van der Waals surface area (Å²) in [5, 5.41) is 0. The number of nitrogens with two attached hydrogens (primary N) is 1. The fourth-order valence-electron chi connectivity index (χ4n) is 3.07.